The molecule has 0 saturated heterocycles. The second-order valence-electron chi connectivity index (χ2n) is 6.39. The SMILES string of the molecule is CC(C(N)=O)n1c(-c2ccc(Cl)cc2)nc2scc(-c3ccccc3)c2c1=O. The Labute approximate surface area is 170 Å². The Kier molecular flexibility index (Phi) is 4.75. The number of rotatable bonds is 4. The molecule has 4 aromatic rings. The van der Waals surface area contributed by atoms with E-state index in [-0.39, 0.29) is 5.56 Å². The van der Waals surface area contributed by atoms with Crippen LogP contribution < -0.4 is 11.3 Å². The molecule has 28 heavy (non-hydrogen) atoms. The van der Waals surface area contributed by atoms with Crippen LogP contribution in [0.2, 0.25) is 5.02 Å². The predicted molar refractivity (Wildman–Crippen MR) is 114 cm³/mol. The van der Waals surface area contributed by atoms with Crippen molar-refractivity contribution in [3.8, 4) is 22.5 Å². The summed E-state index contributed by atoms with van der Waals surface area (Å²) < 4.78 is 1.37. The summed E-state index contributed by atoms with van der Waals surface area (Å²) in [4.78, 5) is 30.8. The van der Waals surface area contributed by atoms with E-state index in [0.717, 1.165) is 11.1 Å². The summed E-state index contributed by atoms with van der Waals surface area (Å²) in [5.74, 6) is -0.211. The van der Waals surface area contributed by atoms with Crippen LogP contribution in [0.3, 0.4) is 0 Å². The van der Waals surface area contributed by atoms with Crippen molar-refractivity contribution in [3.63, 3.8) is 0 Å². The summed E-state index contributed by atoms with van der Waals surface area (Å²) in [6.45, 7) is 1.60. The number of amides is 1. The molecule has 7 heteroatoms. The van der Waals surface area contributed by atoms with Gasteiger partial charge in [0.2, 0.25) is 5.91 Å². The lowest BCUT2D eigenvalue weighted by Crippen LogP contribution is -2.33. The Hall–Kier alpha value is -2.96. The number of halogens is 1. The standard InChI is InChI=1S/C21H16ClN3O2S/c1-12(18(23)26)25-19(14-7-9-15(22)10-8-14)24-20-17(21(25)27)16(11-28-20)13-5-3-2-4-6-13/h2-12H,1H3,(H2,23,26). The van der Waals surface area contributed by atoms with Crippen LogP contribution in [0.4, 0.5) is 0 Å². The highest BCUT2D eigenvalue weighted by molar-refractivity contribution is 7.17. The zero-order valence-electron chi connectivity index (χ0n) is 14.9. The first-order chi connectivity index (χ1) is 13.5. The van der Waals surface area contributed by atoms with Gasteiger partial charge in [0.15, 0.2) is 0 Å². The number of carbonyl (C=O) groups excluding carboxylic acids is 1. The zero-order valence-corrected chi connectivity index (χ0v) is 16.5. The fourth-order valence-electron chi connectivity index (χ4n) is 3.12. The van der Waals surface area contributed by atoms with Gasteiger partial charge in [0.05, 0.1) is 5.39 Å². The molecule has 0 aliphatic heterocycles. The van der Waals surface area contributed by atoms with Crippen LogP contribution in [0.5, 0.6) is 0 Å². The van der Waals surface area contributed by atoms with E-state index in [1.165, 1.54) is 15.9 Å². The summed E-state index contributed by atoms with van der Waals surface area (Å²) in [6, 6.07) is 15.8. The van der Waals surface area contributed by atoms with Crippen molar-refractivity contribution >= 4 is 39.1 Å². The molecule has 2 heterocycles. The van der Waals surface area contributed by atoms with Gasteiger partial charge >= 0.3 is 0 Å². The van der Waals surface area contributed by atoms with Gasteiger partial charge < -0.3 is 5.73 Å². The number of thiophene rings is 1. The normalized spacial score (nSPS) is 12.2. The third kappa shape index (κ3) is 3.10. The van der Waals surface area contributed by atoms with Crippen LogP contribution in [0.25, 0.3) is 32.7 Å². The molecular weight excluding hydrogens is 394 g/mol. The minimum Gasteiger partial charge on any atom is -0.368 e. The minimum absolute atomic E-state index is 0.290. The first-order valence-electron chi connectivity index (χ1n) is 8.62. The molecule has 0 aliphatic carbocycles. The fourth-order valence-corrected chi connectivity index (χ4v) is 4.19. The van der Waals surface area contributed by atoms with E-state index >= 15 is 0 Å². The maximum Gasteiger partial charge on any atom is 0.263 e. The summed E-state index contributed by atoms with van der Waals surface area (Å²) >= 11 is 7.39. The highest BCUT2D eigenvalue weighted by atomic mass is 35.5. The number of hydrogen-bond acceptors (Lipinski definition) is 4. The summed E-state index contributed by atoms with van der Waals surface area (Å²) in [7, 11) is 0. The number of nitrogens with two attached hydrogens (primary N) is 1. The van der Waals surface area contributed by atoms with Gasteiger partial charge in [-0.3, -0.25) is 14.2 Å². The Morgan fingerprint density at radius 2 is 1.79 bits per heavy atom. The molecule has 0 radical (unpaired) electrons. The average molecular weight is 410 g/mol. The Bertz CT molecular complexity index is 1230. The molecule has 0 bridgehead atoms. The molecule has 1 amide bonds. The van der Waals surface area contributed by atoms with Crippen molar-refractivity contribution in [3.05, 3.63) is 75.4 Å². The van der Waals surface area contributed by atoms with Gasteiger partial charge in [-0.1, -0.05) is 41.9 Å². The van der Waals surface area contributed by atoms with E-state index in [0.29, 0.717) is 26.6 Å². The average Bonchev–Trinajstić information content (AvgIpc) is 3.13. The van der Waals surface area contributed by atoms with Gasteiger partial charge in [0.25, 0.3) is 5.56 Å². The molecule has 2 aromatic carbocycles. The van der Waals surface area contributed by atoms with Crippen LogP contribution in [-0.2, 0) is 4.79 Å². The maximum atomic E-state index is 13.5. The second-order valence-corrected chi connectivity index (χ2v) is 7.69. The smallest absolute Gasteiger partial charge is 0.263 e. The van der Waals surface area contributed by atoms with Crippen molar-refractivity contribution < 1.29 is 4.79 Å². The lowest BCUT2D eigenvalue weighted by atomic mass is 10.1. The van der Waals surface area contributed by atoms with E-state index in [2.05, 4.69) is 0 Å². The summed E-state index contributed by atoms with van der Waals surface area (Å²) in [5, 5.41) is 2.98. The predicted octanol–water partition coefficient (Wildman–Crippen LogP) is 4.49. The fraction of sp³-hybridized carbons (Fsp3) is 0.0952. The zero-order chi connectivity index (χ0) is 19.8. The number of nitrogens with zero attached hydrogens (tertiary/aromatic N) is 2. The largest absolute Gasteiger partial charge is 0.368 e. The number of carbonyl (C=O) groups is 1. The molecule has 1 unspecified atom stereocenters. The molecule has 5 nitrogen and oxygen atoms in total. The summed E-state index contributed by atoms with van der Waals surface area (Å²) in [6.07, 6.45) is 0. The van der Waals surface area contributed by atoms with Crippen LogP contribution in [-0.4, -0.2) is 15.5 Å². The number of hydrogen-bond donors (Lipinski definition) is 1. The highest BCUT2D eigenvalue weighted by Gasteiger charge is 2.23. The Morgan fingerprint density at radius 1 is 1.11 bits per heavy atom. The maximum absolute atomic E-state index is 13.5. The topological polar surface area (TPSA) is 78.0 Å². The third-order valence-corrected chi connectivity index (χ3v) is 5.75. The van der Waals surface area contributed by atoms with Gasteiger partial charge in [-0.2, -0.15) is 0 Å². The molecule has 2 aromatic heterocycles. The molecule has 0 fully saturated rings. The van der Waals surface area contributed by atoms with Crippen molar-refractivity contribution in [1.82, 2.24) is 9.55 Å². The van der Waals surface area contributed by atoms with Crippen molar-refractivity contribution in [2.24, 2.45) is 5.73 Å². The van der Waals surface area contributed by atoms with Crippen LogP contribution in [0.15, 0.2) is 64.8 Å². The van der Waals surface area contributed by atoms with Gasteiger partial charge in [-0.15, -0.1) is 11.3 Å². The molecule has 140 valence electrons. The van der Waals surface area contributed by atoms with Crippen molar-refractivity contribution in [1.29, 1.82) is 0 Å². The van der Waals surface area contributed by atoms with Crippen molar-refractivity contribution in [2.45, 2.75) is 13.0 Å². The molecular formula is C21H16ClN3O2S. The molecule has 0 spiro atoms. The lowest BCUT2D eigenvalue weighted by molar-refractivity contribution is -0.120. The third-order valence-electron chi connectivity index (χ3n) is 4.63. The van der Waals surface area contributed by atoms with E-state index in [1.54, 1.807) is 31.2 Å². The number of benzene rings is 2. The van der Waals surface area contributed by atoms with Crippen molar-refractivity contribution in [2.75, 3.05) is 0 Å². The molecule has 0 aliphatic rings. The summed E-state index contributed by atoms with van der Waals surface area (Å²) in [5.41, 5.74) is 7.65. The number of fused-ring (bicyclic) bond motifs is 1. The first-order valence-corrected chi connectivity index (χ1v) is 9.87. The van der Waals surface area contributed by atoms with Gasteiger partial charge in [-0.25, -0.2) is 4.98 Å². The quantitative estimate of drug-likeness (QED) is 0.539. The van der Waals surface area contributed by atoms with Gasteiger partial charge in [0, 0.05) is 21.5 Å². The minimum atomic E-state index is -0.849. The number of primary amides is 1. The van der Waals surface area contributed by atoms with Crippen LogP contribution >= 0.6 is 22.9 Å². The van der Waals surface area contributed by atoms with Gasteiger partial charge in [-0.05, 0) is 36.8 Å². The van der Waals surface area contributed by atoms with E-state index < -0.39 is 11.9 Å². The lowest BCUT2D eigenvalue weighted by Gasteiger charge is -2.17. The van der Waals surface area contributed by atoms with E-state index in [4.69, 9.17) is 22.3 Å². The molecule has 4 rings (SSSR count). The Balaban J connectivity index is 2.06. The van der Waals surface area contributed by atoms with E-state index in [1.807, 2.05) is 35.7 Å². The van der Waals surface area contributed by atoms with Crippen LogP contribution in [0, 0.1) is 0 Å². The highest BCUT2D eigenvalue weighted by Crippen LogP contribution is 2.33. The number of aromatic nitrogens is 2. The molecule has 1 atom stereocenters. The first kappa shape index (κ1) is 18.4. The van der Waals surface area contributed by atoms with Gasteiger partial charge in [0.1, 0.15) is 16.7 Å². The molecule has 0 saturated carbocycles. The van der Waals surface area contributed by atoms with Crippen LogP contribution in [0.1, 0.15) is 13.0 Å². The second kappa shape index (κ2) is 7.22. The Morgan fingerprint density at radius 3 is 2.43 bits per heavy atom. The monoisotopic (exact) mass is 409 g/mol. The van der Waals surface area contributed by atoms with E-state index in [9.17, 15) is 9.59 Å². The molecule has 2 N–H and O–H groups in total.